The topological polar surface area (TPSA) is 0 Å². The molecule has 8 rings (SSSR count). The zero-order chi connectivity index (χ0) is 21.1. The van der Waals surface area contributed by atoms with Gasteiger partial charge in [-0.15, -0.1) is 0 Å². The summed E-state index contributed by atoms with van der Waals surface area (Å²) < 4.78 is 0. The van der Waals surface area contributed by atoms with Gasteiger partial charge in [-0.2, -0.15) is 0 Å². The first kappa shape index (κ1) is 16.8. The van der Waals surface area contributed by atoms with Gasteiger partial charge in [-0.05, 0) is 101 Å². The van der Waals surface area contributed by atoms with Gasteiger partial charge in [0.1, 0.15) is 0 Å². The molecular weight excluding hydrogens is 384 g/mol. The van der Waals surface area contributed by atoms with Crippen molar-refractivity contribution in [2.45, 2.75) is 13.8 Å². The van der Waals surface area contributed by atoms with E-state index in [1.165, 1.54) is 87.2 Å². The summed E-state index contributed by atoms with van der Waals surface area (Å²) in [6.45, 7) is 4.60. The fraction of sp³-hybridized carbons (Fsp3) is 0.0625. The number of benzene rings is 7. The third-order valence-electron chi connectivity index (χ3n) is 7.92. The summed E-state index contributed by atoms with van der Waals surface area (Å²) in [6.07, 6.45) is 0. The van der Waals surface area contributed by atoms with Crippen LogP contribution >= 0.6 is 0 Å². The molecule has 7 aromatic carbocycles. The molecule has 0 saturated carbocycles. The lowest BCUT2D eigenvalue weighted by molar-refractivity contribution is 1.47. The second-order valence-electron chi connectivity index (χ2n) is 9.33. The number of rotatable bonds is 0. The van der Waals surface area contributed by atoms with Crippen molar-refractivity contribution in [1.29, 1.82) is 0 Å². The van der Waals surface area contributed by atoms with Gasteiger partial charge in [0.15, 0.2) is 0 Å². The molecular formula is C32H20. The fourth-order valence-corrected chi connectivity index (χ4v) is 6.61. The monoisotopic (exact) mass is 404 g/mol. The highest BCUT2D eigenvalue weighted by atomic mass is 14.3. The molecule has 0 unspecified atom stereocenters. The maximum atomic E-state index is 2.38. The van der Waals surface area contributed by atoms with Crippen LogP contribution in [0.15, 0.2) is 84.9 Å². The normalized spacial score (nSPS) is 12.7. The summed E-state index contributed by atoms with van der Waals surface area (Å²) in [5.41, 5.74) is 8.44. The molecule has 148 valence electrons. The first-order valence-corrected chi connectivity index (χ1v) is 11.4. The van der Waals surface area contributed by atoms with Crippen LogP contribution in [0.2, 0.25) is 0 Å². The van der Waals surface area contributed by atoms with E-state index >= 15 is 0 Å². The molecule has 0 fully saturated rings. The third-order valence-corrected chi connectivity index (χ3v) is 7.92. The Morgan fingerprint density at radius 2 is 0.844 bits per heavy atom. The van der Waals surface area contributed by atoms with Gasteiger partial charge >= 0.3 is 0 Å². The van der Waals surface area contributed by atoms with Crippen molar-refractivity contribution in [3.63, 3.8) is 0 Å². The zero-order valence-electron chi connectivity index (χ0n) is 18.1. The molecule has 0 aliphatic heterocycles. The van der Waals surface area contributed by atoms with Gasteiger partial charge in [-0.1, -0.05) is 84.9 Å². The van der Waals surface area contributed by atoms with Gasteiger partial charge in [0.25, 0.3) is 0 Å². The molecule has 1 aliphatic carbocycles. The first-order chi connectivity index (χ1) is 15.7. The van der Waals surface area contributed by atoms with Crippen LogP contribution in [0.4, 0.5) is 0 Å². The summed E-state index contributed by atoms with van der Waals surface area (Å²) in [6, 6.07) is 31.8. The van der Waals surface area contributed by atoms with Gasteiger partial charge in [0.2, 0.25) is 0 Å². The minimum atomic E-state index is 1.32. The number of hydrogen-bond acceptors (Lipinski definition) is 0. The van der Waals surface area contributed by atoms with Gasteiger partial charge in [-0.25, -0.2) is 0 Å². The SMILES string of the molecule is Cc1c2c(c(C)c3ccccc13)-c1ccc3c4cccc5cccc(c6ccc-2c1c63)c54. The number of fused-ring (bicyclic) bond motifs is 6. The van der Waals surface area contributed by atoms with Crippen molar-refractivity contribution >= 4 is 53.9 Å². The molecule has 7 aromatic rings. The lowest BCUT2D eigenvalue weighted by Crippen LogP contribution is -1.90. The molecule has 0 nitrogen and oxygen atoms in total. The summed E-state index contributed by atoms with van der Waals surface area (Å²) in [7, 11) is 0. The molecule has 0 radical (unpaired) electrons. The standard InChI is InChI=1S/C32H20/c1-17-20-9-3-4-10-21(20)18(2)29-27-16-14-25-23-12-6-8-19-7-5-11-22(30(19)23)24-13-15-26(28(17)29)32(27)31(24)25/h3-16H,1-2H3. The quantitative estimate of drug-likeness (QED) is 0.175. The van der Waals surface area contributed by atoms with E-state index in [0.717, 1.165) is 0 Å². The minimum absolute atomic E-state index is 1.32. The third kappa shape index (κ3) is 1.74. The summed E-state index contributed by atoms with van der Waals surface area (Å²) in [5, 5.41) is 13.8. The zero-order valence-corrected chi connectivity index (χ0v) is 18.1. The van der Waals surface area contributed by atoms with Crippen molar-refractivity contribution in [2.24, 2.45) is 0 Å². The van der Waals surface area contributed by atoms with E-state index in [2.05, 4.69) is 98.8 Å². The summed E-state index contributed by atoms with van der Waals surface area (Å²) >= 11 is 0. The van der Waals surface area contributed by atoms with Gasteiger partial charge < -0.3 is 0 Å². The largest absolute Gasteiger partial charge is 0.0616 e. The van der Waals surface area contributed by atoms with Gasteiger partial charge in [0, 0.05) is 0 Å². The van der Waals surface area contributed by atoms with E-state index in [4.69, 9.17) is 0 Å². The Balaban J connectivity index is 1.67. The molecule has 0 atom stereocenters. The van der Waals surface area contributed by atoms with Crippen LogP contribution in [0.25, 0.3) is 76.1 Å². The Morgan fingerprint density at radius 3 is 1.38 bits per heavy atom. The summed E-state index contributed by atoms with van der Waals surface area (Å²) in [5.74, 6) is 0. The van der Waals surface area contributed by atoms with Crippen molar-refractivity contribution in [3.8, 4) is 22.3 Å². The van der Waals surface area contributed by atoms with E-state index < -0.39 is 0 Å². The Bertz CT molecular complexity index is 1800. The molecule has 0 saturated heterocycles. The Morgan fingerprint density at radius 1 is 0.375 bits per heavy atom. The summed E-state index contributed by atoms with van der Waals surface area (Å²) in [4.78, 5) is 0. The van der Waals surface area contributed by atoms with E-state index in [1.54, 1.807) is 0 Å². The van der Waals surface area contributed by atoms with Gasteiger partial charge in [-0.3, -0.25) is 0 Å². The second kappa shape index (κ2) is 5.47. The highest BCUT2D eigenvalue weighted by Crippen LogP contribution is 2.55. The van der Waals surface area contributed by atoms with Crippen LogP contribution in [0.1, 0.15) is 11.1 Å². The van der Waals surface area contributed by atoms with Crippen molar-refractivity contribution in [3.05, 3.63) is 96.1 Å². The van der Waals surface area contributed by atoms with Gasteiger partial charge in [0.05, 0.1) is 0 Å². The molecule has 0 spiro atoms. The number of aryl methyl sites for hydroxylation is 2. The smallest absolute Gasteiger partial charge is 0.00137 e. The van der Waals surface area contributed by atoms with E-state index in [0.29, 0.717) is 0 Å². The van der Waals surface area contributed by atoms with Crippen LogP contribution in [-0.2, 0) is 0 Å². The fourth-order valence-electron chi connectivity index (χ4n) is 6.61. The average Bonchev–Trinajstić information content (AvgIpc) is 3.19. The van der Waals surface area contributed by atoms with E-state index in [-0.39, 0.29) is 0 Å². The minimum Gasteiger partial charge on any atom is -0.0616 e. The van der Waals surface area contributed by atoms with Crippen LogP contribution in [0.5, 0.6) is 0 Å². The van der Waals surface area contributed by atoms with Crippen molar-refractivity contribution < 1.29 is 0 Å². The Labute approximate surface area is 186 Å². The molecule has 32 heavy (non-hydrogen) atoms. The molecule has 0 heteroatoms. The maximum Gasteiger partial charge on any atom is -0.00137 e. The Hall–Kier alpha value is -3.90. The van der Waals surface area contributed by atoms with Crippen LogP contribution in [-0.4, -0.2) is 0 Å². The van der Waals surface area contributed by atoms with Crippen LogP contribution < -0.4 is 0 Å². The van der Waals surface area contributed by atoms with Crippen molar-refractivity contribution in [2.75, 3.05) is 0 Å². The predicted octanol–water partition coefficient (Wildman–Crippen LogP) is 9.15. The first-order valence-electron chi connectivity index (χ1n) is 11.4. The molecule has 0 heterocycles. The second-order valence-corrected chi connectivity index (χ2v) is 9.33. The number of hydrogen-bond donors (Lipinski definition) is 0. The molecule has 0 aromatic heterocycles. The highest BCUT2D eigenvalue weighted by molar-refractivity contribution is 6.37. The molecule has 0 bridgehead atoms. The van der Waals surface area contributed by atoms with Crippen molar-refractivity contribution in [1.82, 2.24) is 0 Å². The van der Waals surface area contributed by atoms with Crippen LogP contribution in [0, 0.1) is 13.8 Å². The van der Waals surface area contributed by atoms with E-state index in [1.807, 2.05) is 0 Å². The molecule has 1 aliphatic rings. The molecule has 0 N–H and O–H groups in total. The highest BCUT2D eigenvalue weighted by Gasteiger charge is 2.28. The lowest BCUT2D eigenvalue weighted by Gasteiger charge is -2.15. The maximum absolute atomic E-state index is 2.38. The molecule has 0 amide bonds. The van der Waals surface area contributed by atoms with E-state index in [9.17, 15) is 0 Å². The lowest BCUT2D eigenvalue weighted by atomic mass is 9.88. The Kier molecular flexibility index (Phi) is 2.86. The van der Waals surface area contributed by atoms with Crippen LogP contribution in [0.3, 0.4) is 0 Å². The average molecular weight is 405 g/mol. The predicted molar refractivity (Wildman–Crippen MR) is 139 cm³/mol.